The molecular formula is C9H8F3O3S-. The van der Waals surface area contributed by atoms with Crippen molar-refractivity contribution in [2.24, 2.45) is 0 Å². The van der Waals surface area contributed by atoms with Crippen molar-refractivity contribution in [3.05, 3.63) is 29.3 Å². The number of halogens is 3. The minimum atomic E-state index is -4.72. The van der Waals surface area contributed by atoms with Gasteiger partial charge in [0.05, 0.1) is 11.3 Å². The smallest absolute Gasteiger partial charge is 0.393 e. The SMILES string of the molecule is Cc1ccc(S(=O)(=O)[O-])cc1CC(F)(F)F. The average molecular weight is 253 g/mol. The van der Waals surface area contributed by atoms with Gasteiger partial charge in [-0.25, -0.2) is 8.42 Å². The Labute approximate surface area is 90.7 Å². The molecule has 0 aliphatic rings. The van der Waals surface area contributed by atoms with Crippen molar-refractivity contribution < 1.29 is 26.1 Å². The van der Waals surface area contributed by atoms with Crippen molar-refractivity contribution in [3.8, 4) is 0 Å². The molecule has 0 heterocycles. The highest BCUT2D eigenvalue weighted by atomic mass is 32.2. The number of rotatable bonds is 2. The molecule has 0 saturated carbocycles. The van der Waals surface area contributed by atoms with Crippen LogP contribution in [0.4, 0.5) is 13.2 Å². The van der Waals surface area contributed by atoms with Gasteiger partial charge >= 0.3 is 6.18 Å². The maximum atomic E-state index is 12.1. The monoisotopic (exact) mass is 253 g/mol. The van der Waals surface area contributed by atoms with Gasteiger partial charge in [0.2, 0.25) is 0 Å². The summed E-state index contributed by atoms with van der Waals surface area (Å²) in [7, 11) is -4.72. The Morgan fingerprint density at radius 1 is 1.31 bits per heavy atom. The quantitative estimate of drug-likeness (QED) is 0.757. The molecule has 0 amide bonds. The lowest BCUT2D eigenvalue weighted by atomic mass is 10.1. The molecule has 0 aromatic heterocycles. The molecule has 3 nitrogen and oxygen atoms in total. The number of benzene rings is 1. The van der Waals surface area contributed by atoms with Crippen LogP contribution in [0.1, 0.15) is 11.1 Å². The first-order valence-electron chi connectivity index (χ1n) is 4.22. The van der Waals surface area contributed by atoms with Crippen LogP contribution in [0.5, 0.6) is 0 Å². The Kier molecular flexibility index (Phi) is 3.30. The Morgan fingerprint density at radius 3 is 2.31 bits per heavy atom. The summed E-state index contributed by atoms with van der Waals surface area (Å²) >= 11 is 0. The van der Waals surface area contributed by atoms with Crippen LogP contribution in [0, 0.1) is 6.92 Å². The molecular weight excluding hydrogens is 245 g/mol. The van der Waals surface area contributed by atoms with E-state index in [1.54, 1.807) is 0 Å². The van der Waals surface area contributed by atoms with Crippen LogP contribution in [-0.2, 0) is 16.5 Å². The van der Waals surface area contributed by atoms with Crippen LogP contribution in [-0.4, -0.2) is 19.1 Å². The van der Waals surface area contributed by atoms with Gasteiger partial charge in [-0.3, -0.25) is 0 Å². The van der Waals surface area contributed by atoms with Crippen LogP contribution in [0.2, 0.25) is 0 Å². The summed E-state index contributed by atoms with van der Waals surface area (Å²) in [5.74, 6) is 0. The summed E-state index contributed by atoms with van der Waals surface area (Å²) in [6.45, 7) is 1.42. The van der Waals surface area contributed by atoms with E-state index in [0.29, 0.717) is 5.56 Å². The van der Waals surface area contributed by atoms with E-state index in [9.17, 15) is 26.1 Å². The highest BCUT2D eigenvalue weighted by Gasteiger charge is 2.28. The van der Waals surface area contributed by atoms with Gasteiger partial charge in [0, 0.05) is 0 Å². The van der Waals surface area contributed by atoms with E-state index in [0.717, 1.165) is 12.1 Å². The van der Waals surface area contributed by atoms with E-state index < -0.39 is 27.6 Å². The molecule has 7 heteroatoms. The molecule has 1 aromatic carbocycles. The average Bonchev–Trinajstić information content (AvgIpc) is 2.04. The lowest BCUT2D eigenvalue weighted by Gasteiger charge is -2.13. The second kappa shape index (κ2) is 4.06. The van der Waals surface area contributed by atoms with E-state index in [1.165, 1.54) is 13.0 Å². The molecule has 0 spiro atoms. The maximum Gasteiger partial charge on any atom is 0.393 e. The van der Waals surface area contributed by atoms with Gasteiger partial charge in [-0.1, -0.05) is 6.07 Å². The topological polar surface area (TPSA) is 57.2 Å². The number of aryl methyl sites for hydroxylation is 1. The van der Waals surface area contributed by atoms with Crippen molar-refractivity contribution in [2.45, 2.75) is 24.4 Å². The van der Waals surface area contributed by atoms with Crippen LogP contribution in [0.25, 0.3) is 0 Å². The van der Waals surface area contributed by atoms with Gasteiger partial charge in [-0.05, 0) is 30.2 Å². The molecule has 90 valence electrons. The fourth-order valence-electron chi connectivity index (χ4n) is 1.21. The lowest BCUT2D eigenvalue weighted by molar-refractivity contribution is -0.127. The molecule has 0 fully saturated rings. The van der Waals surface area contributed by atoms with Crippen molar-refractivity contribution >= 4 is 10.1 Å². The molecule has 0 aliphatic heterocycles. The molecule has 0 radical (unpaired) electrons. The third kappa shape index (κ3) is 3.49. The number of hydrogen-bond acceptors (Lipinski definition) is 3. The second-order valence-electron chi connectivity index (χ2n) is 3.33. The molecule has 0 unspecified atom stereocenters. The van der Waals surface area contributed by atoms with Crippen LogP contribution in [0.3, 0.4) is 0 Å². The fourth-order valence-corrected chi connectivity index (χ4v) is 1.73. The van der Waals surface area contributed by atoms with Gasteiger partial charge in [0.25, 0.3) is 0 Å². The Bertz CT molecular complexity index is 491. The van der Waals surface area contributed by atoms with Gasteiger partial charge in [-0.2, -0.15) is 13.2 Å². The fraction of sp³-hybridized carbons (Fsp3) is 0.333. The van der Waals surface area contributed by atoms with E-state index in [4.69, 9.17) is 0 Å². The Hall–Kier alpha value is -1.08. The zero-order valence-electron chi connectivity index (χ0n) is 8.21. The Morgan fingerprint density at radius 2 is 1.88 bits per heavy atom. The van der Waals surface area contributed by atoms with Gasteiger partial charge in [0.15, 0.2) is 0 Å². The molecule has 0 saturated heterocycles. The first-order valence-corrected chi connectivity index (χ1v) is 5.62. The highest BCUT2D eigenvalue weighted by Crippen LogP contribution is 2.25. The minimum absolute atomic E-state index is 0.204. The van der Waals surface area contributed by atoms with E-state index in [1.807, 2.05) is 0 Å². The summed E-state index contributed by atoms with van der Waals surface area (Å²) in [6, 6.07) is 2.95. The first kappa shape index (κ1) is 13.0. The van der Waals surface area contributed by atoms with Crippen LogP contribution >= 0.6 is 0 Å². The van der Waals surface area contributed by atoms with Gasteiger partial charge in [-0.15, -0.1) is 0 Å². The van der Waals surface area contributed by atoms with Crippen molar-refractivity contribution in [3.63, 3.8) is 0 Å². The third-order valence-electron chi connectivity index (χ3n) is 2.00. The summed E-state index contributed by atoms with van der Waals surface area (Å²) in [5.41, 5.74) is 0.0918. The minimum Gasteiger partial charge on any atom is -0.744 e. The second-order valence-corrected chi connectivity index (χ2v) is 4.71. The van der Waals surface area contributed by atoms with Crippen molar-refractivity contribution in [2.75, 3.05) is 0 Å². The molecule has 1 aromatic rings. The predicted molar refractivity (Wildman–Crippen MR) is 48.9 cm³/mol. The predicted octanol–water partition coefficient (Wildman–Crippen LogP) is 2.00. The lowest BCUT2D eigenvalue weighted by Crippen LogP contribution is -2.13. The van der Waals surface area contributed by atoms with Crippen molar-refractivity contribution in [1.82, 2.24) is 0 Å². The summed E-state index contributed by atoms with van der Waals surface area (Å²) in [6.07, 6.45) is -5.68. The molecule has 0 bridgehead atoms. The van der Waals surface area contributed by atoms with Crippen LogP contribution in [0.15, 0.2) is 23.1 Å². The number of alkyl halides is 3. The normalized spacial score (nSPS) is 12.8. The molecule has 1 rings (SSSR count). The molecule has 0 N–H and O–H groups in total. The summed E-state index contributed by atoms with van der Waals surface area (Å²) in [5, 5.41) is 0. The largest absolute Gasteiger partial charge is 0.744 e. The first-order chi connectivity index (χ1) is 7.09. The van der Waals surface area contributed by atoms with Crippen molar-refractivity contribution in [1.29, 1.82) is 0 Å². The van der Waals surface area contributed by atoms with E-state index in [2.05, 4.69) is 0 Å². The zero-order valence-corrected chi connectivity index (χ0v) is 9.02. The highest BCUT2D eigenvalue weighted by molar-refractivity contribution is 7.85. The molecule has 16 heavy (non-hydrogen) atoms. The van der Waals surface area contributed by atoms with E-state index in [-0.39, 0.29) is 5.56 Å². The van der Waals surface area contributed by atoms with E-state index >= 15 is 0 Å². The van der Waals surface area contributed by atoms with Crippen LogP contribution < -0.4 is 0 Å². The maximum absolute atomic E-state index is 12.1. The molecule has 0 aliphatic carbocycles. The molecule has 0 atom stereocenters. The van der Waals surface area contributed by atoms with Gasteiger partial charge in [0.1, 0.15) is 10.1 Å². The standard InChI is InChI=1S/C9H9F3O3S/c1-6-2-3-8(16(13,14)15)4-7(6)5-9(10,11)12/h2-4H,5H2,1H3,(H,13,14,15)/p-1. The Balaban J connectivity index is 3.20. The summed E-state index contributed by atoms with van der Waals surface area (Å²) in [4.78, 5) is -0.641. The zero-order chi connectivity index (χ0) is 12.6. The van der Waals surface area contributed by atoms with Gasteiger partial charge < -0.3 is 4.55 Å². The third-order valence-corrected chi connectivity index (χ3v) is 2.83. The summed E-state index contributed by atoms with van der Waals surface area (Å²) < 4.78 is 68.2. The number of hydrogen-bond donors (Lipinski definition) is 0.